The molecule has 0 aliphatic heterocycles. The lowest BCUT2D eigenvalue weighted by molar-refractivity contribution is 0.102. The maximum Gasteiger partial charge on any atom is 0.274 e. The first kappa shape index (κ1) is 18.6. The van der Waals surface area contributed by atoms with Gasteiger partial charge in [-0.2, -0.15) is 0 Å². The molecule has 0 aliphatic carbocycles. The zero-order valence-electron chi connectivity index (χ0n) is 16.2. The molecule has 0 bridgehead atoms. The Kier molecular flexibility index (Phi) is 5.50. The Morgan fingerprint density at radius 2 is 1.63 bits per heavy atom. The zero-order chi connectivity index (χ0) is 19.4. The van der Waals surface area contributed by atoms with E-state index in [1.165, 1.54) is 0 Å². The Morgan fingerprint density at radius 1 is 0.963 bits per heavy atom. The minimum atomic E-state index is -0.229. The van der Waals surface area contributed by atoms with E-state index >= 15 is 0 Å². The highest BCUT2D eigenvalue weighted by Crippen LogP contribution is 2.20. The van der Waals surface area contributed by atoms with Crippen LogP contribution in [0.15, 0.2) is 54.6 Å². The normalized spacial score (nSPS) is 10.5. The highest BCUT2D eigenvalue weighted by atomic mass is 16.1. The van der Waals surface area contributed by atoms with E-state index in [1.807, 2.05) is 69.1 Å². The molecule has 1 aromatic heterocycles. The van der Waals surface area contributed by atoms with E-state index in [4.69, 9.17) is 0 Å². The Labute approximate surface area is 160 Å². The van der Waals surface area contributed by atoms with Crippen LogP contribution in [-0.2, 0) is 6.54 Å². The number of aryl methyl sites for hydroxylation is 3. The minimum absolute atomic E-state index is 0.229. The number of aromatic nitrogens is 2. The summed E-state index contributed by atoms with van der Waals surface area (Å²) in [5.74, 6) is 0.303. The van der Waals surface area contributed by atoms with Crippen molar-refractivity contribution in [2.45, 2.75) is 27.3 Å². The first-order valence-corrected chi connectivity index (χ1v) is 8.92. The molecule has 0 radical (unpaired) electrons. The molecule has 138 valence electrons. The van der Waals surface area contributed by atoms with Crippen molar-refractivity contribution in [3.05, 3.63) is 82.7 Å². The fourth-order valence-electron chi connectivity index (χ4n) is 2.96. The number of rotatable bonds is 5. The summed E-state index contributed by atoms with van der Waals surface area (Å²) in [6.07, 6.45) is 0. The molecule has 27 heavy (non-hydrogen) atoms. The van der Waals surface area contributed by atoms with Gasteiger partial charge >= 0.3 is 0 Å². The average molecular weight is 360 g/mol. The van der Waals surface area contributed by atoms with Gasteiger partial charge in [0.1, 0.15) is 5.69 Å². The van der Waals surface area contributed by atoms with Crippen molar-refractivity contribution < 1.29 is 4.79 Å². The van der Waals surface area contributed by atoms with Crippen LogP contribution in [0.25, 0.3) is 0 Å². The lowest BCUT2D eigenvalue weighted by atomic mass is 10.1. The number of para-hydroxylation sites is 1. The molecular weight excluding hydrogens is 336 g/mol. The van der Waals surface area contributed by atoms with Crippen LogP contribution in [0.1, 0.15) is 32.9 Å². The van der Waals surface area contributed by atoms with Crippen molar-refractivity contribution in [1.29, 1.82) is 0 Å². The molecule has 3 rings (SSSR count). The number of hydrogen-bond donors (Lipinski definition) is 1. The summed E-state index contributed by atoms with van der Waals surface area (Å²) in [4.78, 5) is 23.7. The van der Waals surface area contributed by atoms with Crippen LogP contribution in [-0.4, -0.2) is 22.9 Å². The van der Waals surface area contributed by atoms with E-state index in [9.17, 15) is 4.79 Å². The first-order valence-electron chi connectivity index (χ1n) is 8.92. The number of carbonyl (C=O) groups is 1. The molecule has 0 unspecified atom stereocenters. The van der Waals surface area contributed by atoms with Crippen LogP contribution < -0.4 is 10.2 Å². The smallest absolute Gasteiger partial charge is 0.274 e. The second-order valence-corrected chi connectivity index (χ2v) is 6.76. The molecule has 0 aliphatic rings. The van der Waals surface area contributed by atoms with Gasteiger partial charge in [-0.15, -0.1) is 0 Å². The Balaban J connectivity index is 1.83. The van der Waals surface area contributed by atoms with Gasteiger partial charge in [-0.25, -0.2) is 9.97 Å². The van der Waals surface area contributed by atoms with Crippen LogP contribution >= 0.6 is 0 Å². The topological polar surface area (TPSA) is 58.1 Å². The van der Waals surface area contributed by atoms with Gasteiger partial charge in [-0.1, -0.05) is 48.5 Å². The molecule has 0 spiro atoms. The molecule has 1 heterocycles. The van der Waals surface area contributed by atoms with Gasteiger partial charge in [0.2, 0.25) is 5.95 Å². The minimum Gasteiger partial charge on any atom is -0.340 e. The van der Waals surface area contributed by atoms with Crippen molar-refractivity contribution in [1.82, 2.24) is 9.97 Å². The van der Waals surface area contributed by atoms with Crippen molar-refractivity contribution in [3.8, 4) is 0 Å². The maximum absolute atomic E-state index is 12.8. The molecule has 0 saturated heterocycles. The Hall–Kier alpha value is -3.21. The van der Waals surface area contributed by atoms with E-state index in [2.05, 4.69) is 27.4 Å². The van der Waals surface area contributed by atoms with E-state index in [0.29, 0.717) is 18.2 Å². The van der Waals surface area contributed by atoms with Gasteiger partial charge in [0.15, 0.2) is 0 Å². The highest BCUT2D eigenvalue weighted by Gasteiger charge is 2.15. The monoisotopic (exact) mass is 360 g/mol. The quantitative estimate of drug-likeness (QED) is 0.737. The van der Waals surface area contributed by atoms with Crippen LogP contribution in [0.2, 0.25) is 0 Å². The summed E-state index contributed by atoms with van der Waals surface area (Å²) >= 11 is 0. The number of anilines is 2. The fourth-order valence-corrected chi connectivity index (χ4v) is 2.96. The van der Waals surface area contributed by atoms with E-state index in [0.717, 1.165) is 28.1 Å². The number of amides is 1. The van der Waals surface area contributed by atoms with Gasteiger partial charge in [0.25, 0.3) is 5.91 Å². The summed E-state index contributed by atoms with van der Waals surface area (Å²) in [7, 11) is 1.93. The lowest BCUT2D eigenvalue weighted by Crippen LogP contribution is -2.22. The van der Waals surface area contributed by atoms with Crippen LogP contribution in [0.3, 0.4) is 0 Å². The predicted molar refractivity (Wildman–Crippen MR) is 109 cm³/mol. The van der Waals surface area contributed by atoms with Crippen molar-refractivity contribution >= 4 is 17.5 Å². The second-order valence-electron chi connectivity index (χ2n) is 6.76. The third-order valence-electron chi connectivity index (χ3n) is 4.40. The van der Waals surface area contributed by atoms with E-state index in [1.54, 1.807) is 6.07 Å². The molecule has 5 heteroatoms. The van der Waals surface area contributed by atoms with Gasteiger partial charge in [0.05, 0.1) is 0 Å². The SMILES string of the molecule is Cc1cc(C(=O)Nc2c(C)cccc2C)nc(N(C)Cc2ccccc2)n1. The molecule has 0 saturated carbocycles. The number of benzene rings is 2. The van der Waals surface area contributed by atoms with Gasteiger partial charge in [-0.3, -0.25) is 4.79 Å². The summed E-state index contributed by atoms with van der Waals surface area (Å²) < 4.78 is 0. The van der Waals surface area contributed by atoms with Gasteiger partial charge in [0, 0.05) is 25.0 Å². The highest BCUT2D eigenvalue weighted by molar-refractivity contribution is 6.03. The number of nitrogens with zero attached hydrogens (tertiary/aromatic N) is 3. The van der Waals surface area contributed by atoms with Gasteiger partial charge < -0.3 is 10.2 Å². The van der Waals surface area contributed by atoms with Crippen LogP contribution in [0.5, 0.6) is 0 Å². The van der Waals surface area contributed by atoms with Crippen LogP contribution in [0, 0.1) is 20.8 Å². The third kappa shape index (κ3) is 4.50. The Morgan fingerprint density at radius 3 is 2.30 bits per heavy atom. The van der Waals surface area contributed by atoms with Crippen LogP contribution in [0.4, 0.5) is 11.6 Å². The fraction of sp³-hybridized carbons (Fsp3) is 0.227. The summed E-state index contributed by atoms with van der Waals surface area (Å²) in [6, 6.07) is 17.8. The standard InChI is InChI=1S/C22H24N4O/c1-15-9-8-10-16(2)20(15)25-21(27)19-13-17(3)23-22(24-19)26(4)14-18-11-6-5-7-12-18/h5-13H,14H2,1-4H3,(H,25,27). The molecule has 2 aromatic carbocycles. The summed E-state index contributed by atoms with van der Waals surface area (Å²) in [5, 5.41) is 2.99. The predicted octanol–water partition coefficient (Wildman–Crippen LogP) is 4.29. The number of nitrogens with one attached hydrogen (secondary N) is 1. The molecule has 1 N–H and O–H groups in total. The van der Waals surface area contributed by atoms with Crippen molar-refractivity contribution in [2.75, 3.05) is 17.3 Å². The maximum atomic E-state index is 12.8. The van der Waals surface area contributed by atoms with E-state index < -0.39 is 0 Å². The largest absolute Gasteiger partial charge is 0.340 e. The first-order chi connectivity index (χ1) is 12.9. The molecule has 0 fully saturated rings. The third-order valence-corrected chi connectivity index (χ3v) is 4.40. The molecule has 0 atom stereocenters. The summed E-state index contributed by atoms with van der Waals surface area (Å²) in [6.45, 7) is 6.50. The molecular formula is C22H24N4O. The average Bonchev–Trinajstić information content (AvgIpc) is 2.65. The second kappa shape index (κ2) is 7.99. The molecule has 3 aromatic rings. The lowest BCUT2D eigenvalue weighted by Gasteiger charge is -2.18. The van der Waals surface area contributed by atoms with Gasteiger partial charge in [-0.05, 0) is 43.5 Å². The summed E-state index contributed by atoms with van der Waals surface area (Å²) in [5.41, 5.74) is 5.15. The van der Waals surface area contributed by atoms with Crippen molar-refractivity contribution in [3.63, 3.8) is 0 Å². The Bertz CT molecular complexity index is 934. The van der Waals surface area contributed by atoms with Crippen molar-refractivity contribution in [2.24, 2.45) is 0 Å². The molecule has 1 amide bonds. The zero-order valence-corrected chi connectivity index (χ0v) is 16.2. The molecule has 5 nitrogen and oxygen atoms in total. The number of hydrogen-bond acceptors (Lipinski definition) is 4. The van der Waals surface area contributed by atoms with E-state index in [-0.39, 0.29) is 5.91 Å². The number of carbonyl (C=O) groups excluding carboxylic acids is 1.